The minimum absolute atomic E-state index is 0.0124. The van der Waals surface area contributed by atoms with Crippen LogP contribution in [0.5, 0.6) is 0 Å². The number of carbonyl (C=O) groups is 1. The van der Waals surface area contributed by atoms with Crippen LogP contribution in [0, 0.1) is 0 Å². The smallest absolute Gasteiger partial charge is 0.264 e. The van der Waals surface area contributed by atoms with E-state index in [0.717, 1.165) is 50.0 Å². The molecule has 2 saturated heterocycles. The van der Waals surface area contributed by atoms with E-state index in [-0.39, 0.29) is 22.5 Å². The lowest BCUT2D eigenvalue weighted by Gasteiger charge is -2.22. The Labute approximate surface area is 213 Å². The van der Waals surface area contributed by atoms with Crippen molar-refractivity contribution in [3.05, 3.63) is 60.7 Å². The Hall–Kier alpha value is -2.18. The van der Waals surface area contributed by atoms with Crippen molar-refractivity contribution in [2.45, 2.75) is 60.8 Å². The molecule has 3 aromatic rings. The summed E-state index contributed by atoms with van der Waals surface area (Å²) in [7, 11) is 1.50. The topological polar surface area (TPSA) is 105 Å². The van der Waals surface area contributed by atoms with Gasteiger partial charge in [0.05, 0.1) is 17.3 Å². The van der Waals surface area contributed by atoms with Crippen LogP contribution < -0.4 is 0 Å². The summed E-state index contributed by atoms with van der Waals surface area (Å²) in [4.78, 5) is 13.0. The standard InChI is InChI=1S/C15H16N2O2S.C8H11ClN2O3S/c18-15(12-6-2-1-3-7-12)20-13-10-16-17(11-13)14-8-4-5-9-19-14;9-15(12,13)7-5-10-11(6-7)8-3-1-2-4-14-8/h1-3,6-7,10-11,14H,4-5,8-9H2;5-6,8H,1-4H2. The van der Waals surface area contributed by atoms with Gasteiger partial charge in [-0.3, -0.25) is 4.79 Å². The highest BCUT2D eigenvalue weighted by Crippen LogP contribution is 2.27. The third-order valence-corrected chi connectivity index (χ3v) is 7.73. The van der Waals surface area contributed by atoms with Gasteiger partial charge >= 0.3 is 0 Å². The van der Waals surface area contributed by atoms with E-state index in [1.165, 1.54) is 28.8 Å². The van der Waals surface area contributed by atoms with Gasteiger partial charge in [0.15, 0.2) is 0 Å². The van der Waals surface area contributed by atoms with Crippen LogP contribution >= 0.6 is 22.4 Å². The lowest BCUT2D eigenvalue weighted by Crippen LogP contribution is -2.18. The molecule has 0 amide bonds. The maximum absolute atomic E-state index is 12.1. The van der Waals surface area contributed by atoms with Gasteiger partial charge < -0.3 is 9.47 Å². The molecule has 0 bridgehead atoms. The summed E-state index contributed by atoms with van der Waals surface area (Å²) in [5.41, 5.74) is 0.708. The zero-order valence-electron chi connectivity index (χ0n) is 19.0. The first kappa shape index (κ1) is 25.9. The molecule has 5 rings (SSSR count). The molecule has 12 heteroatoms. The Kier molecular flexibility index (Phi) is 9.01. The van der Waals surface area contributed by atoms with Gasteiger partial charge in [-0.1, -0.05) is 30.3 Å². The van der Waals surface area contributed by atoms with Crippen molar-refractivity contribution in [1.29, 1.82) is 0 Å². The molecular formula is C23H27ClN4O5S2. The first-order chi connectivity index (χ1) is 16.9. The first-order valence-corrected chi connectivity index (χ1v) is 14.6. The molecule has 0 N–H and O–H groups in total. The van der Waals surface area contributed by atoms with Crippen molar-refractivity contribution in [1.82, 2.24) is 19.6 Å². The number of aromatic nitrogens is 4. The molecule has 35 heavy (non-hydrogen) atoms. The fourth-order valence-corrected chi connectivity index (χ4v) is 5.11. The monoisotopic (exact) mass is 538 g/mol. The van der Waals surface area contributed by atoms with Crippen molar-refractivity contribution < 1.29 is 22.7 Å². The van der Waals surface area contributed by atoms with Gasteiger partial charge in [0.2, 0.25) is 5.12 Å². The number of ether oxygens (including phenoxy) is 2. The highest BCUT2D eigenvalue weighted by Gasteiger charge is 2.20. The Balaban J connectivity index is 0.000000172. The molecule has 2 unspecified atom stereocenters. The molecule has 188 valence electrons. The third-order valence-electron chi connectivity index (χ3n) is 5.56. The number of carbonyl (C=O) groups excluding carboxylic acids is 1. The van der Waals surface area contributed by atoms with Crippen molar-refractivity contribution in [3.8, 4) is 0 Å². The summed E-state index contributed by atoms with van der Waals surface area (Å²) in [6.07, 6.45) is 12.3. The number of hydrogen-bond donors (Lipinski definition) is 0. The van der Waals surface area contributed by atoms with Gasteiger partial charge in [-0.05, 0) is 50.3 Å². The Morgan fingerprint density at radius 1 is 0.914 bits per heavy atom. The van der Waals surface area contributed by atoms with Crippen LogP contribution in [0.3, 0.4) is 0 Å². The van der Waals surface area contributed by atoms with Crippen LogP contribution in [0.25, 0.3) is 0 Å². The number of nitrogens with zero attached hydrogens (tertiary/aromatic N) is 4. The predicted octanol–water partition coefficient (Wildman–Crippen LogP) is 5.02. The fraction of sp³-hybridized carbons (Fsp3) is 0.435. The second-order valence-corrected chi connectivity index (χ2v) is 11.8. The average Bonchev–Trinajstić information content (AvgIpc) is 3.57. The lowest BCUT2D eigenvalue weighted by molar-refractivity contribution is -0.0397. The van der Waals surface area contributed by atoms with Gasteiger partial charge in [-0.2, -0.15) is 10.2 Å². The molecule has 2 aliphatic rings. The summed E-state index contributed by atoms with van der Waals surface area (Å²) in [5.74, 6) is 0. The third kappa shape index (κ3) is 7.40. The maximum atomic E-state index is 12.1. The molecular weight excluding hydrogens is 512 g/mol. The number of benzene rings is 1. The van der Waals surface area contributed by atoms with Gasteiger partial charge in [-0.15, -0.1) is 0 Å². The minimum atomic E-state index is -3.69. The van der Waals surface area contributed by atoms with Crippen LogP contribution in [-0.4, -0.2) is 46.3 Å². The molecule has 2 atom stereocenters. The quantitative estimate of drug-likeness (QED) is 0.329. The van der Waals surface area contributed by atoms with E-state index in [2.05, 4.69) is 10.2 Å². The van der Waals surface area contributed by atoms with Crippen molar-refractivity contribution in [2.75, 3.05) is 13.2 Å². The normalized spacial score (nSPS) is 20.6. The van der Waals surface area contributed by atoms with Gasteiger partial charge in [0.1, 0.15) is 17.4 Å². The number of hydrogen-bond acceptors (Lipinski definition) is 8. The number of thioether (sulfide) groups is 1. The Morgan fingerprint density at radius 2 is 1.51 bits per heavy atom. The zero-order chi connectivity index (χ0) is 24.7. The highest BCUT2D eigenvalue weighted by molar-refractivity contribution is 8.14. The fourth-order valence-electron chi connectivity index (χ4n) is 3.74. The highest BCUT2D eigenvalue weighted by atomic mass is 35.7. The molecule has 9 nitrogen and oxygen atoms in total. The molecule has 0 saturated carbocycles. The summed E-state index contributed by atoms with van der Waals surface area (Å²) >= 11 is 1.20. The largest absolute Gasteiger partial charge is 0.357 e. The minimum Gasteiger partial charge on any atom is -0.357 e. The second-order valence-electron chi connectivity index (χ2n) is 8.15. The van der Waals surface area contributed by atoms with E-state index >= 15 is 0 Å². The molecule has 2 fully saturated rings. The van der Waals surface area contributed by atoms with E-state index < -0.39 is 9.05 Å². The van der Waals surface area contributed by atoms with Gasteiger partial charge in [0.25, 0.3) is 9.05 Å². The number of rotatable bonds is 5. The van der Waals surface area contributed by atoms with Crippen LogP contribution in [-0.2, 0) is 18.5 Å². The molecule has 1 aromatic carbocycles. The number of halogens is 1. The van der Waals surface area contributed by atoms with Crippen molar-refractivity contribution in [3.63, 3.8) is 0 Å². The van der Waals surface area contributed by atoms with E-state index in [9.17, 15) is 13.2 Å². The Morgan fingerprint density at radius 3 is 2.06 bits per heavy atom. The van der Waals surface area contributed by atoms with E-state index in [4.69, 9.17) is 20.2 Å². The van der Waals surface area contributed by atoms with Crippen LogP contribution in [0.1, 0.15) is 61.3 Å². The van der Waals surface area contributed by atoms with E-state index in [1.54, 1.807) is 6.20 Å². The van der Waals surface area contributed by atoms with Crippen LogP contribution in [0.15, 0.2) is 64.9 Å². The first-order valence-electron chi connectivity index (χ1n) is 11.4. The second kappa shape index (κ2) is 12.2. The summed E-state index contributed by atoms with van der Waals surface area (Å²) in [6, 6.07) is 9.29. The van der Waals surface area contributed by atoms with Crippen LogP contribution in [0.4, 0.5) is 0 Å². The van der Waals surface area contributed by atoms with Crippen LogP contribution in [0.2, 0.25) is 0 Å². The van der Waals surface area contributed by atoms with Crippen molar-refractivity contribution in [2.24, 2.45) is 0 Å². The molecule has 4 heterocycles. The molecule has 0 radical (unpaired) electrons. The molecule has 0 aliphatic carbocycles. The average molecular weight is 539 g/mol. The van der Waals surface area contributed by atoms with E-state index in [0.29, 0.717) is 12.2 Å². The molecule has 0 spiro atoms. The Bertz CT molecular complexity index is 1200. The predicted molar refractivity (Wildman–Crippen MR) is 132 cm³/mol. The lowest BCUT2D eigenvalue weighted by atomic mass is 10.2. The maximum Gasteiger partial charge on any atom is 0.264 e. The summed E-state index contributed by atoms with van der Waals surface area (Å²) in [6.45, 7) is 1.48. The molecule has 2 aromatic heterocycles. The van der Waals surface area contributed by atoms with Gasteiger partial charge in [-0.25, -0.2) is 17.8 Å². The van der Waals surface area contributed by atoms with E-state index in [1.807, 2.05) is 41.2 Å². The summed E-state index contributed by atoms with van der Waals surface area (Å²) < 4.78 is 36.5. The zero-order valence-corrected chi connectivity index (χ0v) is 21.4. The van der Waals surface area contributed by atoms with Gasteiger partial charge in [0, 0.05) is 41.9 Å². The molecule has 2 aliphatic heterocycles. The SMILES string of the molecule is O=C(Sc1cnn(C2CCCCO2)c1)c1ccccc1.O=S(=O)(Cl)c1cnn(C2CCCCO2)c1. The van der Waals surface area contributed by atoms with Crippen molar-refractivity contribution >= 4 is 36.6 Å². The summed E-state index contributed by atoms with van der Waals surface area (Å²) in [5, 5.41) is 8.28.